The van der Waals surface area contributed by atoms with E-state index in [0.29, 0.717) is 6.61 Å². The van der Waals surface area contributed by atoms with Gasteiger partial charge in [0.15, 0.2) is 0 Å². The van der Waals surface area contributed by atoms with Crippen LogP contribution in [0.15, 0.2) is 24.3 Å². The maximum Gasteiger partial charge on any atom is 0.125 e. The lowest BCUT2D eigenvalue weighted by Crippen LogP contribution is -2.22. The topological polar surface area (TPSA) is 41.5 Å². The molecule has 4 heteroatoms. The smallest absolute Gasteiger partial charge is 0.125 e. The molecule has 1 rings (SSSR count). The SMILES string of the molecule is CNCCCCC(O)c1ccccc1OCC(C)(C)Cl. The number of hydrogen-bond acceptors (Lipinski definition) is 3. The van der Waals surface area contributed by atoms with Crippen LogP contribution in [0.4, 0.5) is 0 Å². The van der Waals surface area contributed by atoms with Crippen molar-refractivity contribution in [2.75, 3.05) is 20.2 Å². The fourth-order valence-corrected chi connectivity index (χ4v) is 1.99. The molecule has 1 aromatic rings. The molecule has 0 bridgehead atoms. The number of alkyl halides is 1. The summed E-state index contributed by atoms with van der Waals surface area (Å²) < 4.78 is 5.75. The number of aliphatic hydroxyl groups excluding tert-OH is 1. The van der Waals surface area contributed by atoms with Crippen LogP contribution >= 0.6 is 11.6 Å². The van der Waals surface area contributed by atoms with E-state index in [-0.39, 0.29) is 0 Å². The van der Waals surface area contributed by atoms with Crippen molar-refractivity contribution in [3.63, 3.8) is 0 Å². The highest BCUT2D eigenvalue weighted by Crippen LogP contribution is 2.29. The summed E-state index contributed by atoms with van der Waals surface area (Å²) in [6.07, 6.45) is 2.30. The van der Waals surface area contributed by atoms with E-state index < -0.39 is 11.0 Å². The zero-order valence-electron chi connectivity index (χ0n) is 12.7. The van der Waals surface area contributed by atoms with Crippen LogP contribution in [0.25, 0.3) is 0 Å². The van der Waals surface area contributed by atoms with E-state index in [1.54, 1.807) is 0 Å². The van der Waals surface area contributed by atoms with Crippen molar-refractivity contribution < 1.29 is 9.84 Å². The third kappa shape index (κ3) is 6.60. The highest BCUT2D eigenvalue weighted by molar-refractivity contribution is 6.23. The van der Waals surface area contributed by atoms with Crippen LogP contribution in [0.3, 0.4) is 0 Å². The Morgan fingerprint density at radius 1 is 1.30 bits per heavy atom. The summed E-state index contributed by atoms with van der Waals surface area (Å²) in [5, 5.41) is 13.4. The van der Waals surface area contributed by atoms with Crippen LogP contribution in [0.2, 0.25) is 0 Å². The second kappa shape index (κ2) is 8.50. The number of nitrogens with one attached hydrogen (secondary N) is 1. The molecule has 0 saturated heterocycles. The molecule has 114 valence electrons. The second-order valence-electron chi connectivity index (χ2n) is 5.66. The predicted molar refractivity (Wildman–Crippen MR) is 84.6 cm³/mol. The lowest BCUT2D eigenvalue weighted by molar-refractivity contribution is 0.156. The monoisotopic (exact) mass is 299 g/mol. The maximum absolute atomic E-state index is 10.3. The van der Waals surface area contributed by atoms with Gasteiger partial charge in [-0.25, -0.2) is 0 Å². The Kier molecular flexibility index (Phi) is 7.35. The quantitative estimate of drug-likeness (QED) is 0.541. The Hall–Kier alpha value is -0.770. The number of aliphatic hydroxyl groups is 1. The molecule has 0 aliphatic heterocycles. The van der Waals surface area contributed by atoms with Gasteiger partial charge < -0.3 is 15.2 Å². The summed E-state index contributed by atoms with van der Waals surface area (Å²) in [7, 11) is 1.94. The first-order valence-corrected chi connectivity index (χ1v) is 7.55. The summed E-state index contributed by atoms with van der Waals surface area (Å²) in [6.45, 7) is 5.21. The average molecular weight is 300 g/mol. The Balaban J connectivity index is 2.59. The van der Waals surface area contributed by atoms with E-state index in [1.807, 2.05) is 45.2 Å². The number of hydrogen-bond donors (Lipinski definition) is 2. The van der Waals surface area contributed by atoms with Gasteiger partial charge in [-0.2, -0.15) is 0 Å². The first kappa shape index (κ1) is 17.3. The number of ether oxygens (including phenoxy) is 1. The standard InChI is InChI=1S/C16H26ClNO2/c1-16(2,17)12-20-15-10-5-4-8-13(15)14(19)9-6-7-11-18-3/h4-5,8,10,14,18-19H,6-7,9,11-12H2,1-3H3. The molecule has 0 radical (unpaired) electrons. The van der Waals surface area contributed by atoms with Gasteiger partial charge in [0.1, 0.15) is 12.4 Å². The molecule has 1 unspecified atom stereocenters. The highest BCUT2D eigenvalue weighted by atomic mass is 35.5. The van der Waals surface area contributed by atoms with Crippen LogP contribution in [-0.2, 0) is 0 Å². The maximum atomic E-state index is 10.3. The fraction of sp³-hybridized carbons (Fsp3) is 0.625. The van der Waals surface area contributed by atoms with Gasteiger partial charge in [-0.05, 0) is 52.8 Å². The van der Waals surface area contributed by atoms with Gasteiger partial charge in [0.25, 0.3) is 0 Å². The van der Waals surface area contributed by atoms with Crippen molar-refractivity contribution in [2.24, 2.45) is 0 Å². The van der Waals surface area contributed by atoms with E-state index in [0.717, 1.165) is 37.1 Å². The fourth-order valence-electron chi connectivity index (χ4n) is 1.93. The van der Waals surface area contributed by atoms with Crippen LogP contribution in [0.1, 0.15) is 44.8 Å². The molecule has 0 saturated carbocycles. The summed E-state index contributed by atoms with van der Waals surface area (Å²) in [5.74, 6) is 0.724. The molecular formula is C16H26ClNO2. The van der Waals surface area contributed by atoms with Crippen molar-refractivity contribution in [3.8, 4) is 5.75 Å². The van der Waals surface area contributed by atoms with Gasteiger partial charge in [0.2, 0.25) is 0 Å². The zero-order valence-corrected chi connectivity index (χ0v) is 13.4. The van der Waals surface area contributed by atoms with Gasteiger partial charge in [-0.15, -0.1) is 11.6 Å². The Morgan fingerprint density at radius 3 is 2.65 bits per heavy atom. The van der Waals surface area contributed by atoms with Crippen molar-refractivity contribution in [3.05, 3.63) is 29.8 Å². The summed E-state index contributed by atoms with van der Waals surface area (Å²) in [4.78, 5) is -0.412. The molecular weight excluding hydrogens is 274 g/mol. The first-order chi connectivity index (χ1) is 9.44. The Bertz CT molecular complexity index is 390. The molecule has 0 heterocycles. The van der Waals surface area contributed by atoms with Crippen molar-refractivity contribution in [1.29, 1.82) is 0 Å². The second-order valence-corrected chi connectivity index (χ2v) is 6.68. The van der Waals surface area contributed by atoms with E-state index in [1.165, 1.54) is 0 Å². The van der Waals surface area contributed by atoms with Crippen molar-refractivity contribution >= 4 is 11.6 Å². The van der Waals surface area contributed by atoms with Crippen molar-refractivity contribution in [1.82, 2.24) is 5.32 Å². The van der Waals surface area contributed by atoms with E-state index in [2.05, 4.69) is 5.32 Å². The van der Waals surface area contributed by atoms with Gasteiger partial charge in [-0.1, -0.05) is 18.2 Å². The lowest BCUT2D eigenvalue weighted by Gasteiger charge is -2.20. The lowest BCUT2D eigenvalue weighted by atomic mass is 10.0. The summed E-state index contributed by atoms with van der Waals surface area (Å²) >= 11 is 6.14. The van der Waals surface area contributed by atoms with E-state index in [9.17, 15) is 5.11 Å². The molecule has 0 amide bonds. The minimum absolute atomic E-state index is 0.412. The van der Waals surface area contributed by atoms with Gasteiger partial charge >= 0.3 is 0 Å². The highest BCUT2D eigenvalue weighted by Gasteiger charge is 2.17. The molecule has 0 spiro atoms. The minimum atomic E-state index is -0.485. The number of rotatable bonds is 9. The molecule has 0 fully saturated rings. The van der Waals surface area contributed by atoms with Gasteiger partial charge in [0, 0.05) is 5.56 Å². The van der Waals surface area contributed by atoms with E-state index >= 15 is 0 Å². The molecule has 3 nitrogen and oxygen atoms in total. The summed E-state index contributed by atoms with van der Waals surface area (Å²) in [5.41, 5.74) is 0.845. The molecule has 20 heavy (non-hydrogen) atoms. The molecule has 1 aromatic carbocycles. The normalized spacial score (nSPS) is 13.2. The number of halogens is 1. The zero-order chi connectivity index (χ0) is 15.0. The van der Waals surface area contributed by atoms with E-state index in [4.69, 9.17) is 16.3 Å². The predicted octanol–water partition coefficient (Wildman–Crippen LogP) is 3.51. The first-order valence-electron chi connectivity index (χ1n) is 7.17. The number of benzene rings is 1. The minimum Gasteiger partial charge on any atom is -0.491 e. The Morgan fingerprint density at radius 2 is 2.00 bits per heavy atom. The number of para-hydroxylation sites is 1. The molecule has 0 aliphatic rings. The molecule has 2 N–H and O–H groups in total. The number of unbranched alkanes of at least 4 members (excludes halogenated alkanes) is 1. The molecule has 1 atom stereocenters. The van der Waals surface area contributed by atoms with Crippen molar-refractivity contribution in [2.45, 2.75) is 44.1 Å². The van der Waals surface area contributed by atoms with Gasteiger partial charge in [0.05, 0.1) is 11.0 Å². The molecule has 0 aromatic heterocycles. The Labute approximate surface area is 127 Å². The largest absolute Gasteiger partial charge is 0.491 e. The molecule has 0 aliphatic carbocycles. The third-order valence-corrected chi connectivity index (χ3v) is 3.11. The summed E-state index contributed by atoms with van der Waals surface area (Å²) in [6, 6.07) is 7.63. The van der Waals surface area contributed by atoms with Gasteiger partial charge in [-0.3, -0.25) is 0 Å². The van der Waals surface area contributed by atoms with Crippen LogP contribution < -0.4 is 10.1 Å². The van der Waals surface area contributed by atoms with Crippen LogP contribution in [0.5, 0.6) is 5.75 Å². The van der Waals surface area contributed by atoms with Crippen LogP contribution in [0, 0.1) is 0 Å². The average Bonchev–Trinajstić information content (AvgIpc) is 2.40. The van der Waals surface area contributed by atoms with Crippen LogP contribution in [-0.4, -0.2) is 30.2 Å². The third-order valence-electron chi connectivity index (χ3n) is 3.00.